The van der Waals surface area contributed by atoms with Crippen LogP contribution in [0.15, 0.2) is 12.4 Å². The van der Waals surface area contributed by atoms with Gasteiger partial charge in [-0.05, 0) is 38.2 Å². The van der Waals surface area contributed by atoms with E-state index in [-0.39, 0.29) is 11.5 Å². The van der Waals surface area contributed by atoms with Crippen LogP contribution in [0.3, 0.4) is 0 Å². The molecule has 3 heterocycles. The van der Waals surface area contributed by atoms with Gasteiger partial charge in [-0.25, -0.2) is 4.98 Å². The second kappa shape index (κ2) is 3.37. The van der Waals surface area contributed by atoms with Crippen LogP contribution in [0.4, 0.5) is 5.69 Å². The Bertz CT molecular complexity index is 725. The molecule has 20 heavy (non-hydrogen) atoms. The lowest BCUT2D eigenvalue weighted by molar-refractivity contribution is 0.0637. The summed E-state index contributed by atoms with van der Waals surface area (Å²) in [6.07, 6.45) is 9.53. The number of fused-ring (bicyclic) bond motifs is 3. The van der Waals surface area contributed by atoms with Crippen LogP contribution in [0.5, 0.6) is 0 Å². The maximum atomic E-state index is 5.92. The third kappa shape index (κ3) is 1.32. The van der Waals surface area contributed by atoms with Crippen LogP contribution >= 0.6 is 0 Å². The molecule has 5 rings (SSSR count). The van der Waals surface area contributed by atoms with Crippen LogP contribution in [0.25, 0.3) is 5.65 Å². The minimum Gasteiger partial charge on any atom is -0.303 e. The van der Waals surface area contributed by atoms with E-state index < -0.39 is 0 Å². The topological polar surface area (TPSA) is 38.6 Å². The van der Waals surface area contributed by atoms with Gasteiger partial charge >= 0.3 is 0 Å². The van der Waals surface area contributed by atoms with Crippen LogP contribution in [-0.4, -0.2) is 9.38 Å². The van der Waals surface area contributed by atoms with Crippen LogP contribution in [-0.2, 0) is 4.84 Å². The van der Waals surface area contributed by atoms with E-state index in [1.165, 1.54) is 42.5 Å². The number of hydrogen-bond acceptors (Lipinski definition) is 3. The highest BCUT2D eigenvalue weighted by Gasteiger charge is 2.51. The van der Waals surface area contributed by atoms with E-state index in [1.54, 1.807) is 0 Å². The fourth-order valence-electron chi connectivity index (χ4n) is 3.48. The molecule has 0 aromatic carbocycles. The zero-order valence-corrected chi connectivity index (χ0v) is 11.9. The van der Waals surface area contributed by atoms with Crippen molar-refractivity contribution in [2.24, 2.45) is 5.41 Å². The number of aryl methyl sites for hydroxylation is 1. The number of nitrogens with zero attached hydrogens (tertiary/aromatic N) is 2. The van der Waals surface area contributed by atoms with Gasteiger partial charge in [-0.2, -0.15) is 0 Å². The predicted octanol–water partition coefficient (Wildman–Crippen LogP) is 3.72. The lowest BCUT2D eigenvalue weighted by atomic mass is 9.94. The highest BCUT2D eigenvalue weighted by Crippen LogP contribution is 2.60. The number of imidazole rings is 1. The molecule has 0 radical (unpaired) electrons. The van der Waals surface area contributed by atoms with Crippen LogP contribution in [0.1, 0.15) is 61.4 Å². The number of nitrogens with one attached hydrogen (secondary N) is 1. The van der Waals surface area contributed by atoms with Gasteiger partial charge in [0.2, 0.25) is 0 Å². The van der Waals surface area contributed by atoms with Crippen molar-refractivity contribution in [1.82, 2.24) is 9.38 Å². The average molecular weight is 269 g/mol. The van der Waals surface area contributed by atoms with Gasteiger partial charge in [-0.3, -0.25) is 10.3 Å². The summed E-state index contributed by atoms with van der Waals surface area (Å²) in [7, 11) is 0. The molecule has 2 aromatic heterocycles. The van der Waals surface area contributed by atoms with Crippen LogP contribution in [0, 0.1) is 12.3 Å². The molecule has 4 nitrogen and oxygen atoms in total. The summed E-state index contributed by atoms with van der Waals surface area (Å²) in [6.45, 7) is 4.47. The summed E-state index contributed by atoms with van der Waals surface area (Å²) in [4.78, 5) is 10.6. The Morgan fingerprint density at radius 3 is 2.90 bits per heavy atom. The Hall–Kier alpha value is -1.55. The third-order valence-corrected chi connectivity index (χ3v) is 5.26. The first-order valence-electron chi connectivity index (χ1n) is 7.59. The quantitative estimate of drug-likeness (QED) is 0.903. The largest absolute Gasteiger partial charge is 0.303 e. The molecule has 2 aromatic rings. The SMILES string of the molecule is Cc1cn2c(C3CC3)cnc2c2c1NOC2C1(C)CC1. The molecule has 3 aliphatic rings. The fourth-order valence-corrected chi connectivity index (χ4v) is 3.48. The molecule has 2 fully saturated rings. The molecule has 104 valence electrons. The van der Waals surface area contributed by atoms with Crippen LogP contribution < -0.4 is 5.48 Å². The highest BCUT2D eigenvalue weighted by molar-refractivity contribution is 5.71. The van der Waals surface area contributed by atoms with E-state index in [9.17, 15) is 0 Å². The molecule has 1 unspecified atom stereocenters. The van der Waals surface area contributed by atoms with Crippen molar-refractivity contribution < 1.29 is 4.84 Å². The van der Waals surface area contributed by atoms with E-state index in [2.05, 4.69) is 36.1 Å². The normalized spacial score (nSPS) is 26.6. The summed E-state index contributed by atoms with van der Waals surface area (Å²) in [5.41, 5.74) is 9.58. The second-order valence-electron chi connectivity index (χ2n) is 7.01. The molecule has 4 heteroatoms. The van der Waals surface area contributed by atoms with Gasteiger partial charge in [0.05, 0.1) is 11.3 Å². The number of pyridine rings is 1. The highest BCUT2D eigenvalue weighted by atomic mass is 16.7. The van der Waals surface area contributed by atoms with Crippen molar-refractivity contribution in [3.8, 4) is 0 Å². The molecule has 0 amide bonds. The zero-order valence-electron chi connectivity index (χ0n) is 11.9. The van der Waals surface area contributed by atoms with Gasteiger partial charge in [0.25, 0.3) is 0 Å². The molecular formula is C16H19N3O. The van der Waals surface area contributed by atoms with Gasteiger partial charge in [-0.1, -0.05) is 6.92 Å². The molecule has 1 atom stereocenters. The summed E-state index contributed by atoms with van der Waals surface area (Å²) < 4.78 is 2.31. The number of aromatic nitrogens is 2. The minimum absolute atomic E-state index is 0.148. The molecule has 0 bridgehead atoms. The van der Waals surface area contributed by atoms with Crippen molar-refractivity contribution in [2.75, 3.05) is 5.48 Å². The number of hydrogen-bond donors (Lipinski definition) is 1. The number of rotatable bonds is 2. The van der Waals surface area contributed by atoms with E-state index in [0.29, 0.717) is 5.92 Å². The molecule has 0 saturated heterocycles. The Labute approximate surface area is 118 Å². The molecule has 2 saturated carbocycles. The lowest BCUT2D eigenvalue weighted by Gasteiger charge is -2.17. The molecule has 1 N–H and O–H groups in total. The van der Waals surface area contributed by atoms with Crippen molar-refractivity contribution in [3.63, 3.8) is 0 Å². The van der Waals surface area contributed by atoms with E-state index >= 15 is 0 Å². The summed E-state index contributed by atoms with van der Waals surface area (Å²) in [5, 5.41) is 0. The summed E-state index contributed by atoms with van der Waals surface area (Å²) in [5.74, 6) is 0.715. The van der Waals surface area contributed by atoms with E-state index in [0.717, 1.165) is 11.3 Å². The van der Waals surface area contributed by atoms with Crippen LogP contribution in [0.2, 0.25) is 0 Å². The molecule has 2 aliphatic carbocycles. The first kappa shape index (κ1) is 11.1. The first-order chi connectivity index (χ1) is 9.67. The maximum absolute atomic E-state index is 5.92. The van der Waals surface area contributed by atoms with Gasteiger partial charge in [0.15, 0.2) is 0 Å². The summed E-state index contributed by atoms with van der Waals surface area (Å²) >= 11 is 0. The molecular weight excluding hydrogens is 250 g/mol. The van der Waals surface area contributed by atoms with Gasteiger partial charge in [-0.15, -0.1) is 0 Å². The maximum Gasteiger partial charge on any atom is 0.145 e. The van der Waals surface area contributed by atoms with Crippen molar-refractivity contribution >= 4 is 11.3 Å². The standard InChI is InChI=1S/C16H19N3O/c1-9-8-19-11(10-3-4-10)7-17-15(19)12-13(9)18-20-14(12)16(2)5-6-16/h7-8,10,14,18H,3-6H2,1-2H3. The van der Waals surface area contributed by atoms with Gasteiger partial charge < -0.3 is 4.40 Å². The average Bonchev–Trinajstić information content (AvgIpc) is 3.31. The smallest absolute Gasteiger partial charge is 0.145 e. The van der Waals surface area contributed by atoms with Crippen molar-refractivity contribution in [1.29, 1.82) is 0 Å². The van der Waals surface area contributed by atoms with E-state index in [1.807, 2.05) is 0 Å². The third-order valence-electron chi connectivity index (χ3n) is 5.26. The Morgan fingerprint density at radius 2 is 2.20 bits per heavy atom. The van der Waals surface area contributed by atoms with E-state index in [4.69, 9.17) is 9.82 Å². The Kier molecular flexibility index (Phi) is 1.88. The van der Waals surface area contributed by atoms with Gasteiger partial charge in [0, 0.05) is 29.4 Å². The Balaban J connectivity index is 1.78. The Morgan fingerprint density at radius 1 is 1.40 bits per heavy atom. The predicted molar refractivity (Wildman–Crippen MR) is 76.7 cm³/mol. The lowest BCUT2D eigenvalue weighted by Crippen LogP contribution is -2.11. The minimum atomic E-state index is 0.148. The molecule has 1 aliphatic heterocycles. The zero-order chi connectivity index (χ0) is 13.5. The monoisotopic (exact) mass is 269 g/mol. The second-order valence-corrected chi connectivity index (χ2v) is 7.01. The summed E-state index contributed by atoms with van der Waals surface area (Å²) in [6, 6.07) is 0. The number of anilines is 1. The van der Waals surface area contributed by atoms with Crippen molar-refractivity contribution in [2.45, 2.75) is 51.6 Å². The first-order valence-corrected chi connectivity index (χ1v) is 7.59. The van der Waals surface area contributed by atoms with Gasteiger partial charge in [0.1, 0.15) is 11.8 Å². The fraction of sp³-hybridized carbons (Fsp3) is 0.562. The van der Waals surface area contributed by atoms with Crippen molar-refractivity contribution in [3.05, 3.63) is 29.2 Å². The molecule has 0 spiro atoms.